The smallest absolute Gasteiger partial charge is 0.322 e. The Kier molecular flexibility index (Phi) is 5.68. The summed E-state index contributed by atoms with van der Waals surface area (Å²) in [6.45, 7) is 5.68. The van der Waals surface area contributed by atoms with Gasteiger partial charge in [-0.1, -0.05) is 30.3 Å². The molecular formula is C19H24N3O2+. The number of pyridine rings is 1. The van der Waals surface area contributed by atoms with E-state index in [1.165, 1.54) is 11.1 Å². The molecule has 5 heteroatoms. The van der Waals surface area contributed by atoms with Crippen LogP contribution in [-0.2, 0) is 17.8 Å². The van der Waals surface area contributed by atoms with Gasteiger partial charge in [0.05, 0.1) is 0 Å². The lowest BCUT2D eigenvalue weighted by molar-refractivity contribution is -0.684. The maximum Gasteiger partial charge on any atom is 0.322 e. The van der Waals surface area contributed by atoms with E-state index in [9.17, 15) is 9.59 Å². The maximum absolute atomic E-state index is 11.9. The van der Waals surface area contributed by atoms with Gasteiger partial charge in [-0.2, -0.15) is 4.57 Å². The van der Waals surface area contributed by atoms with Gasteiger partial charge in [0.15, 0.2) is 12.4 Å². The molecule has 0 aliphatic carbocycles. The highest BCUT2D eigenvalue weighted by atomic mass is 16.2. The lowest BCUT2D eigenvalue weighted by atomic mass is 10.1. The van der Waals surface area contributed by atoms with Crippen molar-refractivity contribution in [3.63, 3.8) is 0 Å². The highest BCUT2D eigenvalue weighted by Crippen LogP contribution is 2.07. The van der Waals surface area contributed by atoms with Crippen LogP contribution in [0.3, 0.4) is 0 Å². The standard InChI is InChI=1S/C19H23N3O2/c1-19(2,3)21-18(24)20-17(23)14-22-11-9-16(10-12-22)13-15-7-5-4-6-8-15/h4-12H,13-14H2,1-3H3,(H-,20,21,23,24)/p+1. The Bertz CT molecular complexity index is 689. The minimum Gasteiger partial charge on any atom is -0.333 e. The molecule has 126 valence electrons. The number of rotatable bonds is 4. The molecule has 0 saturated carbocycles. The molecule has 0 unspecified atom stereocenters. The molecule has 0 fully saturated rings. The van der Waals surface area contributed by atoms with E-state index < -0.39 is 6.03 Å². The minimum absolute atomic E-state index is 0.100. The number of carbonyl (C=O) groups excluding carboxylic acids is 2. The lowest BCUT2D eigenvalue weighted by Crippen LogP contribution is -2.51. The van der Waals surface area contributed by atoms with Gasteiger partial charge in [0, 0.05) is 17.7 Å². The van der Waals surface area contributed by atoms with Gasteiger partial charge in [-0.3, -0.25) is 10.1 Å². The normalized spacial score (nSPS) is 11.0. The average molecular weight is 326 g/mol. The third kappa shape index (κ3) is 6.20. The SMILES string of the molecule is CC(C)(C)NC(=O)NC(=O)C[n+]1ccc(Cc2ccccc2)cc1. The Morgan fingerprint density at radius 1 is 0.958 bits per heavy atom. The van der Waals surface area contributed by atoms with Crippen LogP contribution in [0.2, 0.25) is 0 Å². The first-order valence-electron chi connectivity index (χ1n) is 7.96. The van der Waals surface area contributed by atoms with E-state index in [1.54, 1.807) is 4.57 Å². The summed E-state index contributed by atoms with van der Waals surface area (Å²) in [7, 11) is 0. The van der Waals surface area contributed by atoms with Gasteiger partial charge in [-0.05, 0) is 38.3 Å². The predicted octanol–water partition coefficient (Wildman–Crippen LogP) is 2.19. The molecule has 0 aliphatic rings. The Balaban J connectivity index is 1.87. The molecule has 0 bridgehead atoms. The Morgan fingerprint density at radius 3 is 2.12 bits per heavy atom. The zero-order chi connectivity index (χ0) is 17.6. The van der Waals surface area contributed by atoms with Crippen LogP contribution in [0.4, 0.5) is 4.79 Å². The van der Waals surface area contributed by atoms with Crippen molar-refractivity contribution in [1.82, 2.24) is 10.6 Å². The van der Waals surface area contributed by atoms with Crippen LogP contribution in [0.15, 0.2) is 54.9 Å². The van der Waals surface area contributed by atoms with Crippen LogP contribution in [0.1, 0.15) is 31.9 Å². The number of nitrogens with one attached hydrogen (secondary N) is 2. The fourth-order valence-corrected chi connectivity index (χ4v) is 2.25. The van der Waals surface area contributed by atoms with Gasteiger partial charge in [0.2, 0.25) is 6.54 Å². The van der Waals surface area contributed by atoms with E-state index in [4.69, 9.17) is 0 Å². The van der Waals surface area contributed by atoms with E-state index in [-0.39, 0.29) is 18.0 Å². The van der Waals surface area contributed by atoms with E-state index in [2.05, 4.69) is 22.8 Å². The van der Waals surface area contributed by atoms with Crippen molar-refractivity contribution in [2.24, 2.45) is 0 Å². The van der Waals surface area contributed by atoms with Crippen LogP contribution < -0.4 is 15.2 Å². The Labute approximate surface area is 142 Å². The summed E-state index contributed by atoms with van der Waals surface area (Å²) < 4.78 is 1.74. The van der Waals surface area contributed by atoms with E-state index in [0.29, 0.717) is 0 Å². The first-order chi connectivity index (χ1) is 11.3. The molecule has 0 spiro atoms. The quantitative estimate of drug-likeness (QED) is 0.846. The summed E-state index contributed by atoms with van der Waals surface area (Å²) >= 11 is 0. The van der Waals surface area contributed by atoms with Gasteiger partial charge in [-0.15, -0.1) is 0 Å². The van der Waals surface area contributed by atoms with Crippen LogP contribution in [0, 0.1) is 0 Å². The Morgan fingerprint density at radius 2 is 1.54 bits per heavy atom. The third-order valence-electron chi connectivity index (χ3n) is 3.28. The highest BCUT2D eigenvalue weighted by Gasteiger charge is 2.17. The summed E-state index contributed by atoms with van der Waals surface area (Å²) in [4.78, 5) is 23.6. The van der Waals surface area contributed by atoms with Crippen LogP contribution in [-0.4, -0.2) is 17.5 Å². The number of hydrogen-bond donors (Lipinski definition) is 2. The zero-order valence-electron chi connectivity index (χ0n) is 14.4. The molecular weight excluding hydrogens is 302 g/mol. The number of hydrogen-bond acceptors (Lipinski definition) is 2. The minimum atomic E-state index is -0.478. The number of carbonyl (C=O) groups is 2. The molecule has 2 N–H and O–H groups in total. The van der Waals surface area contributed by atoms with Gasteiger partial charge >= 0.3 is 6.03 Å². The first-order valence-corrected chi connectivity index (χ1v) is 7.96. The molecule has 1 heterocycles. The number of imide groups is 1. The molecule has 2 rings (SSSR count). The highest BCUT2D eigenvalue weighted by molar-refractivity contribution is 5.93. The van der Waals surface area contributed by atoms with Crippen molar-refractivity contribution < 1.29 is 14.2 Å². The van der Waals surface area contributed by atoms with E-state index >= 15 is 0 Å². The van der Waals surface area contributed by atoms with Gasteiger partial charge in [0.25, 0.3) is 5.91 Å². The summed E-state index contributed by atoms with van der Waals surface area (Å²) in [5, 5.41) is 5.02. The van der Waals surface area contributed by atoms with E-state index in [0.717, 1.165) is 6.42 Å². The third-order valence-corrected chi connectivity index (χ3v) is 3.28. The Hall–Kier alpha value is -2.69. The summed E-state index contributed by atoms with van der Waals surface area (Å²) in [5.74, 6) is -0.349. The molecule has 0 atom stereocenters. The number of urea groups is 1. The molecule has 0 radical (unpaired) electrons. The molecule has 1 aromatic carbocycles. The largest absolute Gasteiger partial charge is 0.333 e. The van der Waals surface area contributed by atoms with Gasteiger partial charge in [0.1, 0.15) is 0 Å². The topological polar surface area (TPSA) is 62.1 Å². The van der Waals surface area contributed by atoms with Crippen molar-refractivity contribution in [2.45, 2.75) is 39.3 Å². The van der Waals surface area contributed by atoms with E-state index in [1.807, 2.05) is 63.5 Å². The zero-order valence-corrected chi connectivity index (χ0v) is 14.4. The fourth-order valence-electron chi connectivity index (χ4n) is 2.25. The maximum atomic E-state index is 11.9. The average Bonchev–Trinajstić information content (AvgIpc) is 2.48. The second-order valence-electron chi connectivity index (χ2n) is 6.79. The van der Waals surface area contributed by atoms with Crippen molar-refractivity contribution in [1.29, 1.82) is 0 Å². The second kappa shape index (κ2) is 7.73. The molecule has 0 aliphatic heterocycles. The number of aromatic nitrogens is 1. The second-order valence-corrected chi connectivity index (χ2v) is 6.79. The van der Waals surface area contributed by atoms with Crippen molar-refractivity contribution >= 4 is 11.9 Å². The monoisotopic (exact) mass is 326 g/mol. The predicted molar refractivity (Wildman–Crippen MR) is 92.3 cm³/mol. The number of benzene rings is 1. The van der Waals surface area contributed by atoms with Crippen molar-refractivity contribution in [3.8, 4) is 0 Å². The van der Waals surface area contributed by atoms with Gasteiger partial charge < -0.3 is 5.32 Å². The van der Waals surface area contributed by atoms with Crippen LogP contribution in [0.5, 0.6) is 0 Å². The fraction of sp³-hybridized carbons (Fsp3) is 0.316. The number of nitrogens with zero attached hydrogens (tertiary/aromatic N) is 1. The molecule has 0 saturated heterocycles. The summed E-state index contributed by atoms with van der Waals surface area (Å²) in [6, 6.07) is 13.7. The summed E-state index contributed by atoms with van der Waals surface area (Å²) in [6.07, 6.45) is 4.54. The summed E-state index contributed by atoms with van der Waals surface area (Å²) in [5.41, 5.74) is 2.03. The van der Waals surface area contributed by atoms with Crippen molar-refractivity contribution in [3.05, 3.63) is 66.0 Å². The van der Waals surface area contributed by atoms with Crippen LogP contribution in [0.25, 0.3) is 0 Å². The van der Waals surface area contributed by atoms with Gasteiger partial charge in [-0.25, -0.2) is 4.79 Å². The molecule has 24 heavy (non-hydrogen) atoms. The molecule has 5 nitrogen and oxygen atoms in total. The number of amides is 3. The molecule has 2 aromatic rings. The van der Waals surface area contributed by atoms with Crippen LogP contribution >= 0.6 is 0 Å². The molecule has 3 amide bonds. The molecule has 1 aromatic heterocycles. The first kappa shape index (κ1) is 17.7. The van der Waals surface area contributed by atoms with Crippen molar-refractivity contribution in [2.75, 3.05) is 0 Å². The lowest BCUT2D eigenvalue weighted by Gasteiger charge is -2.19.